The highest BCUT2D eigenvalue weighted by Gasteiger charge is 2.25. The van der Waals surface area contributed by atoms with Crippen molar-refractivity contribution in [1.82, 2.24) is 14.8 Å². The Balaban J connectivity index is 2.23. The molecule has 26 heavy (non-hydrogen) atoms. The number of nitrogens with zero attached hydrogens (tertiary/aromatic N) is 2. The maximum absolute atomic E-state index is 12.1. The van der Waals surface area contributed by atoms with Gasteiger partial charge in [0.2, 0.25) is 0 Å². The number of benzene rings is 1. The molecule has 134 valence electrons. The van der Waals surface area contributed by atoms with Gasteiger partial charge in [-0.3, -0.25) is 9.59 Å². The first-order valence-electron chi connectivity index (χ1n) is 7.56. The zero-order valence-corrected chi connectivity index (χ0v) is 15.2. The van der Waals surface area contributed by atoms with E-state index in [0.29, 0.717) is 5.56 Å². The number of nitrogens with one attached hydrogen (secondary N) is 1. The van der Waals surface area contributed by atoms with E-state index in [0.717, 1.165) is 4.47 Å². The molecular weight excluding hydrogens is 406 g/mol. The van der Waals surface area contributed by atoms with Crippen LogP contribution < -0.4 is 5.56 Å². The summed E-state index contributed by atoms with van der Waals surface area (Å²) in [5.74, 6) is -1.68. The second kappa shape index (κ2) is 7.12. The molecule has 0 saturated heterocycles. The number of halogens is 1. The Morgan fingerprint density at radius 2 is 2.15 bits per heavy atom. The summed E-state index contributed by atoms with van der Waals surface area (Å²) in [4.78, 5) is 35.5. The van der Waals surface area contributed by atoms with Crippen molar-refractivity contribution in [1.29, 1.82) is 0 Å². The predicted octanol–water partition coefficient (Wildman–Crippen LogP) is 2.29. The number of aromatic amines is 1. The molecule has 0 aliphatic carbocycles. The molecule has 0 amide bonds. The Kier molecular flexibility index (Phi) is 4.90. The summed E-state index contributed by atoms with van der Waals surface area (Å²) in [6.07, 6.45) is 2.70. The molecule has 1 aromatic rings. The number of carboxylic acid groups (broad SMARTS) is 1. The first-order valence-corrected chi connectivity index (χ1v) is 8.35. The number of carboxylic acids is 1. The van der Waals surface area contributed by atoms with Crippen molar-refractivity contribution in [3.05, 3.63) is 62.6 Å². The number of aromatic nitrogens is 3. The number of esters is 1. The lowest BCUT2D eigenvalue weighted by Gasteiger charge is -2.21. The Morgan fingerprint density at radius 3 is 2.81 bits per heavy atom. The van der Waals surface area contributed by atoms with Crippen molar-refractivity contribution in [2.45, 2.75) is 12.5 Å². The van der Waals surface area contributed by atoms with E-state index in [-0.39, 0.29) is 23.2 Å². The Hall–Kier alpha value is -2.94. The molecule has 0 spiro atoms. The van der Waals surface area contributed by atoms with Crippen LogP contribution in [0.25, 0.3) is 11.3 Å². The van der Waals surface area contributed by atoms with Crippen LogP contribution in [-0.4, -0.2) is 38.9 Å². The van der Waals surface area contributed by atoms with Crippen LogP contribution in [0.15, 0.2) is 45.9 Å². The van der Waals surface area contributed by atoms with Crippen molar-refractivity contribution in [3.63, 3.8) is 0 Å². The number of fused-ring (bicyclic) bond motifs is 1. The highest BCUT2D eigenvalue weighted by Crippen LogP contribution is 2.29. The number of ether oxygens (including phenoxy) is 1. The molecule has 2 heterocycles. The summed E-state index contributed by atoms with van der Waals surface area (Å²) in [7, 11) is 1.22. The van der Waals surface area contributed by atoms with Crippen molar-refractivity contribution >= 4 is 27.9 Å². The number of methoxy groups -OCH3 is 1. The van der Waals surface area contributed by atoms with Gasteiger partial charge in [-0.1, -0.05) is 28.1 Å². The lowest BCUT2D eigenvalue weighted by atomic mass is 10.0. The van der Waals surface area contributed by atoms with E-state index < -0.39 is 23.5 Å². The van der Waals surface area contributed by atoms with Gasteiger partial charge in [-0.25, -0.2) is 9.89 Å². The van der Waals surface area contributed by atoms with Gasteiger partial charge >= 0.3 is 11.9 Å². The molecule has 0 fully saturated rings. The predicted molar refractivity (Wildman–Crippen MR) is 95.3 cm³/mol. The lowest BCUT2D eigenvalue weighted by Crippen LogP contribution is -2.19. The van der Waals surface area contributed by atoms with Gasteiger partial charge in [0.15, 0.2) is 0 Å². The highest BCUT2D eigenvalue weighted by molar-refractivity contribution is 9.10. The Bertz CT molecular complexity index is 1010. The van der Waals surface area contributed by atoms with Gasteiger partial charge in [0.05, 0.1) is 25.1 Å². The fourth-order valence-corrected chi connectivity index (χ4v) is 3.19. The third kappa shape index (κ3) is 3.38. The van der Waals surface area contributed by atoms with Gasteiger partial charge in [0, 0.05) is 16.9 Å². The van der Waals surface area contributed by atoms with Crippen LogP contribution in [0.4, 0.5) is 0 Å². The fourth-order valence-electron chi connectivity index (χ4n) is 2.77. The molecule has 2 N–H and O–H groups in total. The number of rotatable bonds is 5. The minimum absolute atomic E-state index is 0.0775. The first-order chi connectivity index (χ1) is 12.4. The Morgan fingerprint density at radius 1 is 1.38 bits per heavy atom. The van der Waals surface area contributed by atoms with Crippen LogP contribution >= 0.6 is 15.9 Å². The molecule has 0 radical (unpaired) electrons. The van der Waals surface area contributed by atoms with Gasteiger partial charge in [-0.05, 0) is 17.7 Å². The van der Waals surface area contributed by atoms with Crippen LogP contribution in [0.2, 0.25) is 0 Å². The standard InChI is InChI=1S/C17H14BrN3O5/c1-26-17(25)12-8-21(7-11-15(12)19-20-16(11)24)13(6-14(22)23)9-3-2-4-10(18)5-9/h2-5,7-8,13H,6H2,1H3,(H,20,24)(H,22,23)/t13-/m0/s1. The van der Waals surface area contributed by atoms with E-state index in [1.807, 2.05) is 6.07 Å². The van der Waals surface area contributed by atoms with Gasteiger partial charge in [0.1, 0.15) is 11.3 Å². The number of carbonyl (C=O) groups excluding carboxylic acids is 1. The van der Waals surface area contributed by atoms with E-state index in [1.165, 1.54) is 24.1 Å². The van der Waals surface area contributed by atoms with Crippen LogP contribution in [0.5, 0.6) is 0 Å². The Labute approximate surface area is 155 Å². The quantitative estimate of drug-likeness (QED) is 0.613. The lowest BCUT2D eigenvalue weighted by molar-refractivity contribution is -0.137. The third-order valence-electron chi connectivity index (χ3n) is 3.95. The average Bonchev–Trinajstić information content (AvgIpc) is 2.99. The summed E-state index contributed by atoms with van der Waals surface area (Å²) >= 11 is 3.37. The normalized spacial score (nSPS) is 12.1. The number of aliphatic carboxylic acids is 1. The number of hydrogen-bond donors (Lipinski definition) is 2. The summed E-state index contributed by atoms with van der Waals surface area (Å²) < 4.78 is 7.08. The summed E-state index contributed by atoms with van der Waals surface area (Å²) in [6, 6.07) is 6.54. The minimum Gasteiger partial charge on any atom is -0.481 e. The van der Waals surface area contributed by atoms with Crippen LogP contribution in [0.3, 0.4) is 0 Å². The molecule has 1 atom stereocenters. The molecule has 1 aromatic carbocycles. The van der Waals surface area contributed by atoms with Crippen molar-refractivity contribution in [2.75, 3.05) is 7.11 Å². The van der Waals surface area contributed by atoms with E-state index in [1.54, 1.807) is 18.2 Å². The smallest absolute Gasteiger partial charge is 0.341 e. The molecule has 2 aliphatic heterocycles. The fraction of sp³-hybridized carbons (Fsp3) is 0.176. The molecule has 8 nitrogen and oxygen atoms in total. The highest BCUT2D eigenvalue weighted by atomic mass is 79.9. The van der Waals surface area contributed by atoms with E-state index in [2.05, 4.69) is 26.1 Å². The zero-order chi connectivity index (χ0) is 18.8. The molecular formula is C17H14BrN3O5. The van der Waals surface area contributed by atoms with Crippen molar-refractivity contribution < 1.29 is 19.4 Å². The second-order valence-corrected chi connectivity index (χ2v) is 6.51. The summed E-state index contributed by atoms with van der Waals surface area (Å²) in [5, 5.41) is 15.5. The largest absolute Gasteiger partial charge is 0.481 e. The molecule has 9 heteroatoms. The summed E-state index contributed by atoms with van der Waals surface area (Å²) in [5.41, 5.74) is 0.675. The van der Waals surface area contributed by atoms with E-state index in [9.17, 15) is 19.5 Å². The van der Waals surface area contributed by atoms with Crippen LogP contribution in [0.1, 0.15) is 28.4 Å². The zero-order valence-electron chi connectivity index (χ0n) is 13.6. The van der Waals surface area contributed by atoms with Crippen LogP contribution in [-0.2, 0) is 9.53 Å². The maximum atomic E-state index is 12.1. The number of carbonyl (C=O) groups is 2. The number of pyridine rings is 1. The van der Waals surface area contributed by atoms with E-state index in [4.69, 9.17) is 4.74 Å². The van der Waals surface area contributed by atoms with Crippen molar-refractivity contribution in [2.24, 2.45) is 0 Å². The van der Waals surface area contributed by atoms with Gasteiger partial charge in [0.25, 0.3) is 5.56 Å². The number of hydrogen-bond acceptors (Lipinski definition) is 5. The first kappa shape index (κ1) is 17.9. The maximum Gasteiger partial charge on any atom is 0.341 e. The van der Waals surface area contributed by atoms with Crippen LogP contribution in [0, 0.1) is 0 Å². The van der Waals surface area contributed by atoms with Gasteiger partial charge in [-0.2, -0.15) is 5.10 Å². The average molecular weight is 420 g/mol. The molecule has 3 rings (SSSR count). The number of H-pyrrole nitrogens is 1. The molecule has 0 bridgehead atoms. The SMILES string of the molecule is COC(=O)c1cn([C@@H](CC(=O)O)c2cccc(Br)c2)cc2c(=O)[nH]nc1-2. The molecule has 0 aromatic heterocycles. The molecule has 0 saturated carbocycles. The summed E-state index contributed by atoms with van der Waals surface area (Å²) in [6.45, 7) is 0. The molecule has 0 unspecified atom stereocenters. The topological polar surface area (TPSA) is 114 Å². The minimum atomic E-state index is -1.02. The monoisotopic (exact) mass is 419 g/mol. The van der Waals surface area contributed by atoms with Gasteiger partial charge in [-0.15, -0.1) is 0 Å². The van der Waals surface area contributed by atoms with E-state index >= 15 is 0 Å². The van der Waals surface area contributed by atoms with Crippen molar-refractivity contribution in [3.8, 4) is 11.3 Å². The second-order valence-electron chi connectivity index (χ2n) is 5.59. The van der Waals surface area contributed by atoms with Gasteiger partial charge < -0.3 is 14.4 Å². The third-order valence-corrected chi connectivity index (χ3v) is 4.44. The molecule has 2 aliphatic rings.